The van der Waals surface area contributed by atoms with Gasteiger partial charge in [-0.2, -0.15) is 0 Å². The first-order valence-electron chi connectivity index (χ1n) is 2.39. The number of nitrogens with two attached hydrogens (primary N) is 1. The summed E-state index contributed by atoms with van der Waals surface area (Å²) in [6, 6.07) is 8.71. The summed E-state index contributed by atoms with van der Waals surface area (Å²) >= 11 is 3.03. The molecule has 0 spiro atoms. The summed E-state index contributed by atoms with van der Waals surface area (Å²) in [6.07, 6.45) is 0. The van der Waals surface area contributed by atoms with E-state index in [9.17, 15) is 0 Å². The van der Waals surface area contributed by atoms with E-state index < -0.39 is 0 Å². The van der Waals surface area contributed by atoms with Gasteiger partial charge in [-0.1, -0.05) is 18.2 Å². The number of hydrogen-bond donors (Lipinski definition) is 3. The average molecular weight is 143 g/mol. The first-order valence-corrected chi connectivity index (χ1v) is 2.91. The van der Waals surface area contributed by atoms with E-state index >= 15 is 0 Å². The largest absolute Gasteiger partial charge is 0.508 e. The van der Waals surface area contributed by atoms with Gasteiger partial charge in [0, 0.05) is 0 Å². The van der Waals surface area contributed by atoms with Crippen molar-refractivity contribution in [3.8, 4) is 5.75 Å². The highest BCUT2D eigenvalue weighted by Crippen LogP contribution is 2.02. The first kappa shape index (κ1) is 8.33. The van der Waals surface area contributed by atoms with Gasteiger partial charge in [-0.3, -0.25) is 5.14 Å². The van der Waals surface area contributed by atoms with Crippen molar-refractivity contribution in [3.63, 3.8) is 0 Å². The molecule has 0 aliphatic heterocycles. The van der Waals surface area contributed by atoms with Crippen molar-refractivity contribution >= 4 is 12.8 Å². The van der Waals surface area contributed by atoms with Crippen molar-refractivity contribution in [2.75, 3.05) is 0 Å². The topological polar surface area (TPSA) is 46.2 Å². The van der Waals surface area contributed by atoms with Crippen LogP contribution in [0.2, 0.25) is 0 Å². The quantitative estimate of drug-likeness (QED) is 0.477. The van der Waals surface area contributed by atoms with E-state index in [0.717, 1.165) is 0 Å². The van der Waals surface area contributed by atoms with Crippen LogP contribution in [0.5, 0.6) is 5.75 Å². The van der Waals surface area contributed by atoms with E-state index in [1.54, 1.807) is 24.3 Å². The Balaban J connectivity index is 0.000000291. The van der Waals surface area contributed by atoms with Gasteiger partial charge in [-0.05, 0) is 12.1 Å². The molecule has 0 atom stereocenters. The van der Waals surface area contributed by atoms with E-state index in [1.807, 2.05) is 6.07 Å². The zero-order valence-corrected chi connectivity index (χ0v) is 5.75. The molecular formula is C6H9NOS. The van der Waals surface area contributed by atoms with Crippen LogP contribution in [0, 0.1) is 0 Å². The molecule has 0 amide bonds. The van der Waals surface area contributed by atoms with Gasteiger partial charge in [0.25, 0.3) is 0 Å². The molecular weight excluding hydrogens is 134 g/mol. The van der Waals surface area contributed by atoms with Gasteiger partial charge in [-0.15, -0.1) is 12.8 Å². The normalized spacial score (nSPS) is 7.33. The number of rotatable bonds is 0. The SMILES string of the molecule is NS.Oc1ccccc1. The van der Waals surface area contributed by atoms with Crippen LogP contribution >= 0.6 is 12.8 Å². The van der Waals surface area contributed by atoms with Gasteiger partial charge in [0.2, 0.25) is 0 Å². The van der Waals surface area contributed by atoms with Crippen molar-refractivity contribution in [2.24, 2.45) is 5.14 Å². The number of phenolic OH excluding ortho intramolecular Hbond substituents is 1. The van der Waals surface area contributed by atoms with Crippen molar-refractivity contribution in [2.45, 2.75) is 0 Å². The van der Waals surface area contributed by atoms with E-state index in [4.69, 9.17) is 5.11 Å². The van der Waals surface area contributed by atoms with Crippen LogP contribution in [0.3, 0.4) is 0 Å². The van der Waals surface area contributed by atoms with E-state index in [1.165, 1.54) is 0 Å². The molecule has 3 N–H and O–H groups in total. The zero-order chi connectivity index (χ0) is 7.11. The molecule has 2 nitrogen and oxygen atoms in total. The second kappa shape index (κ2) is 5.47. The molecule has 1 aromatic rings. The average Bonchev–Trinajstić information content (AvgIpc) is 1.94. The second-order valence-electron chi connectivity index (χ2n) is 1.34. The number of benzene rings is 1. The molecule has 0 aliphatic rings. The minimum absolute atomic E-state index is 0.322. The minimum Gasteiger partial charge on any atom is -0.508 e. The summed E-state index contributed by atoms with van der Waals surface area (Å²) in [5, 5.41) is 12.8. The number of para-hydroxylation sites is 1. The van der Waals surface area contributed by atoms with Gasteiger partial charge in [0.15, 0.2) is 0 Å². The maximum atomic E-state index is 8.63. The highest BCUT2D eigenvalue weighted by atomic mass is 32.1. The number of phenols is 1. The Kier molecular flexibility index (Phi) is 5.06. The predicted octanol–water partition coefficient (Wildman–Crippen LogP) is 1.18. The lowest BCUT2D eigenvalue weighted by molar-refractivity contribution is 0.475. The fourth-order valence-corrected chi connectivity index (χ4v) is 0.428. The molecule has 0 fully saturated rings. The van der Waals surface area contributed by atoms with Crippen molar-refractivity contribution < 1.29 is 5.11 Å². The van der Waals surface area contributed by atoms with Gasteiger partial charge in [0.05, 0.1) is 0 Å². The summed E-state index contributed by atoms with van der Waals surface area (Å²) < 4.78 is 0. The minimum atomic E-state index is 0.322. The highest BCUT2D eigenvalue weighted by Gasteiger charge is 1.74. The summed E-state index contributed by atoms with van der Waals surface area (Å²) in [6.45, 7) is 0. The van der Waals surface area contributed by atoms with Gasteiger partial charge < -0.3 is 5.11 Å². The molecule has 0 aromatic heterocycles. The maximum absolute atomic E-state index is 8.63. The molecule has 1 aromatic carbocycles. The molecule has 0 unspecified atom stereocenters. The van der Waals surface area contributed by atoms with Gasteiger partial charge in [-0.25, -0.2) is 0 Å². The second-order valence-corrected chi connectivity index (χ2v) is 1.34. The van der Waals surface area contributed by atoms with Crippen LogP contribution in [0.15, 0.2) is 30.3 Å². The summed E-state index contributed by atoms with van der Waals surface area (Å²) in [7, 11) is 0. The lowest BCUT2D eigenvalue weighted by atomic mass is 10.3. The summed E-state index contributed by atoms with van der Waals surface area (Å²) in [4.78, 5) is 0. The van der Waals surface area contributed by atoms with Gasteiger partial charge in [0.1, 0.15) is 5.75 Å². The standard InChI is InChI=1S/C6H6O.H3NS/c7-6-4-2-1-3-5-6;1-2/h1-5,7H;2H,1H2. The van der Waals surface area contributed by atoms with E-state index in [-0.39, 0.29) is 0 Å². The molecule has 0 bridgehead atoms. The van der Waals surface area contributed by atoms with Gasteiger partial charge >= 0.3 is 0 Å². The zero-order valence-electron chi connectivity index (χ0n) is 4.86. The molecule has 1 rings (SSSR count). The molecule has 50 valence electrons. The van der Waals surface area contributed by atoms with E-state index in [0.29, 0.717) is 5.75 Å². The Morgan fingerprint density at radius 3 is 1.78 bits per heavy atom. The van der Waals surface area contributed by atoms with Crippen LogP contribution in [0.4, 0.5) is 0 Å². The maximum Gasteiger partial charge on any atom is 0.115 e. The number of aromatic hydroxyl groups is 1. The fraction of sp³-hybridized carbons (Fsp3) is 0. The summed E-state index contributed by atoms with van der Waals surface area (Å²) in [5.41, 5.74) is 0. The Morgan fingerprint density at radius 1 is 1.11 bits per heavy atom. The number of thiol groups is 1. The van der Waals surface area contributed by atoms with Crippen LogP contribution in [-0.2, 0) is 0 Å². The van der Waals surface area contributed by atoms with Crippen LogP contribution in [0.1, 0.15) is 0 Å². The van der Waals surface area contributed by atoms with Crippen LogP contribution in [0.25, 0.3) is 0 Å². The molecule has 0 radical (unpaired) electrons. The third-order valence-electron chi connectivity index (χ3n) is 0.756. The molecule has 0 heterocycles. The third-order valence-corrected chi connectivity index (χ3v) is 0.756. The Bertz CT molecular complexity index is 143. The van der Waals surface area contributed by atoms with Crippen LogP contribution in [-0.4, -0.2) is 5.11 Å². The molecule has 9 heavy (non-hydrogen) atoms. The Hall–Kier alpha value is -0.670. The smallest absolute Gasteiger partial charge is 0.115 e. The molecule has 0 saturated carbocycles. The van der Waals surface area contributed by atoms with E-state index in [2.05, 4.69) is 18.0 Å². The predicted molar refractivity (Wildman–Crippen MR) is 41.3 cm³/mol. The molecule has 0 aliphatic carbocycles. The first-order chi connectivity index (χ1) is 4.39. The lowest BCUT2D eigenvalue weighted by Crippen LogP contribution is -1.56. The van der Waals surface area contributed by atoms with Crippen LogP contribution < -0.4 is 5.14 Å². The lowest BCUT2D eigenvalue weighted by Gasteiger charge is -1.82. The molecule has 3 heteroatoms. The monoisotopic (exact) mass is 143 g/mol. The highest BCUT2D eigenvalue weighted by molar-refractivity contribution is 7.77. The Labute approximate surface area is 59.9 Å². The fourth-order valence-electron chi connectivity index (χ4n) is 0.428. The summed E-state index contributed by atoms with van der Waals surface area (Å²) in [5.74, 6) is 0.322. The molecule has 0 saturated heterocycles. The van der Waals surface area contributed by atoms with Crippen molar-refractivity contribution in [1.29, 1.82) is 0 Å². The number of hydrogen-bond acceptors (Lipinski definition) is 3. The van der Waals surface area contributed by atoms with Crippen molar-refractivity contribution in [1.82, 2.24) is 0 Å². The Morgan fingerprint density at radius 2 is 1.56 bits per heavy atom. The van der Waals surface area contributed by atoms with Crippen molar-refractivity contribution in [3.05, 3.63) is 30.3 Å². The third kappa shape index (κ3) is 3.88.